The summed E-state index contributed by atoms with van der Waals surface area (Å²) < 4.78 is 11.3. The van der Waals surface area contributed by atoms with E-state index in [2.05, 4.69) is 10.6 Å². The molecule has 1 aliphatic rings. The summed E-state index contributed by atoms with van der Waals surface area (Å²) >= 11 is 0. The van der Waals surface area contributed by atoms with Gasteiger partial charge in [0.2, 0.25) is 0 Å². The van der Waals surface area contributed by atoms with Crippen LogP contribution in [-0.4, -0.2) is 34.3 Å². The summed E-state index contributed by atoms with van der Waals surface area (Å²) in [5.41, 5.74) is 0.967. The van der Waals surface area contributed by atoms with Gasteiger partial charge in [-0.3, -0.25) is 4.21 Å². The van der Waals surface area contributed by atoms with Gasteiger partial charge in [0.15, 0.2) is 0 Å². The van der Waals surface area contributed by atoms with E-state index in [1.807, 2.05) is 24.3 Å². The van der Waals surface area contributed by atoms with Crippen molar-refractivity contribution in [2.45, 2.75) is 49.6 Å². The van der Waals surface area contributed by atoms with Crippen LogP contribution in [0.25, 0.3) is 0 Å². The summed E-state index contributed by atoms with van der Waals surface area (Å²) in [4.78, 5) is 12.9. The number of urea groups is 1. The highest BCUT2D eigenvalue weighted by Crippen LogP contribution is 2.23. The third kappa shape index (κ3) is 5.62. The van der Waals surface area contributed by atoms with Gasteiger partial charge in [-0.25, -0.2) is 4.79 Å². The van der Waals surface area contributed by atoms with Gasteiger partial charge in [-0.2, -0.15) is 0 Å². The molecular formula is C17H26N2O3S. The highest BCUT2D eigenvalue weighted by molar-refractivity contribution is 7.84. The van der Waals surface area contributed by atoms with Crippen LogP contribution in [0, 0.1) is 5.92 Å². The average Bonchev–Trinajstić information content (AvgIpc) is 2.78. The van der Waals surface area contributed by atoms with Crippen molar-refractivity contribution in [1.82, 2.24) is 10.6 Å². The quantitative estimate of drug-likeness (QED) is 0.720. The van der Waals surface area contributed by atoms with E-state index in [0.717, 1.165) is 36.1 Å². The fourth-order valence-electron chi connectivity index (χ4n) is 2.99. The van der Waals surface area contributed by atoms with Crippen LogP contribution in [0.3, 0.4) is 0 Å². The van der Waals surface area contributed by atoms with Gasteiger partial charge in [0.1, 0.15) is 0 Å². The first-order valence-electron chi connectivity index (χ1n) is 8.17. The van der Waals surface area contributed by atoms with Crippen LogP contribution < -0.4 is 10.6 Å². The van der Waals surface area contributed by atoms with Crippen LogP contribution in [0.15, 0.2) is 29.2 Å². The van der Waals surface area contributed by atoms with Crippen molar-refractivity contribution in [2.75, 3.05) is 12.9 Å². The van der Waals surface area contributed by atoms with Crippen molar-refractivity contribution in [3.8, 4) is 0 Å². The molecule has 0 saturated heterocycles. The normalized spacial score (nSPS) is 22.9. The number of rotatable bonds is 5. The molecule has 1 aliphatic carbocycles. The van der Waals surface area contributed by atoms with Crippen molar-refractivity contribution >= 4 is 16.8 Å². The van der Waals surface area contributed by atoms with Crippen LogP contribution in [0.1, 0.15) is 37.7 Å². The molecule has 5 nitrogen and oxygen atoms in total. The minimum Gasteiger partial charge on any atom is -0.396 e. The van der Waals surface area contributed by atoms with E-state index in [1.54, 1.807) is 6.26 Å². The first-order chi connectivity index (χ1) is 11.1. The molecule has 0 bridgehead atoms. The lowest BCUT2D eigenvalue weighted by molar-refractivity contribution is 0.179. The molecule has 1 aromatic rings. The number of benzene rings is 1. The topological polar surface area (TPSA) is 78.4 Å². The molecule has 1 saturated carbocycles. The molecule has 0 aromatic heterocycles. The number of hydrogen-bond acceptors (Lipinski definition) is 3. The molecule has 3 N–H and O–H groups in total. The molecule has 23 heavy (non-hydrogen) atoms. The Hall–Kier alpha value is -1.40. The lowest BCUT2D eigenvalue weighted by Gasteiger charge is -2.24. The standard InChI is InChI=1S/C17H26N2O3S/c1-23(22)15-9-7-13(8-10-15)11-18-17(21)19-16-6-4-2-3-5-14(16)12-20/h7-10,14,16,20H,2-6,11-12H2,1H3,(H2,18,19,21). The van der Waals surface area contributed by atoms with Gasteiger partial charge in [-0.15, -0.1) is 0 Å². The zero-order valence-electron chi connectivity index (χ0n) is 13.6. The zero-order chi connectivity index (χ0) is 16.7. The number of aliphatic hydroxyl groups is 1. The van der Waals surface area contributed by atoms with E-state index >= 15 is 0 Å². The number of carbonyl (C=O) groups excluding carboxylic acids is 1. The minimum absolute atomic E-state index is 0.0485. The maximum atomic E-state index is 12.1. The summed E-state index contributed by atoms with van der Waals surface area (Å²) in [7, 11) is -0.985. The smallest absolute Gasteiger partial charge is 0.315 e. The second kappa shape index (κ2) is 9.03. The van der Waals surface area contributed by atoms with Crippen molar-refractivity contribution < 1.29 is 14.1 Å². The summed E-state index contributed by atoms with van der Waals surface area (Å²) in [5.74, 6) is 0.155. The lowest BCUT2D eigenvalue weighted by atomic mass is 9.96. The maximum absolute atomic E-state index is 12.1. The Bertz CT molecular complexity index is 533. The SMILES string of the molecule is CS(=O)c1ccc(CNC(=O)NC2CCCCCC2CO)cc1. The summed E-state index contributed by atoms with van der Waals surface area (Å²) in [6.07, 6.45) is 6.92. The summed E-state index contributed by atoms with van der Waals surface area (Å²) in [6, 6.07) is 7.24. The Morgan fingerprint density at radius 2 is 1.91 bits per heavy atom. The molecule has 6 heteroatoms. The molecule has 0 spiro atoms. The lowest BCUT2D eigenvalue weighted by Crippen LogP contribution is -2.45. The first-order valence-corrected chi connectivity index (χ1v) is 9.73. The third-order valence-electron chi connectivity index (χ3n) is 4.42. The molecule has 1 fully saturated rings. The van der Waals surface area contributed by atoms with Gasteiger partial charge in [0.25, 0.3) is 0 Å². The molecule has 0 radical (unpaired) electrons. The van der Waals surface area contributed by atoms with Gasteiger partial charge in [-0.05, 0) is 30.5 Å². The molecular weight excluding hydrogens is 312 g/mol. The Balaban J connectivity index is 1.82. The Kier molecular flexibility index (Phi) is 7.05. The van der Waals surface area contributed by atoms with Crippen molar-refractivity contribution in [1.29, 1.82) is 0 Å². The predicted octanol–water partition coefficient (Wildman–Crippen LogP) is 2.16. The van der Waals surface area contributed by atoms with E-state index in [4.69, 9.17) is 0 Å². The van der Waals surface area contributed by atoms with Crippen LogP contribution in [-0.2, 0) is 17.3 Å². The summed E-state index contributed by atoms with van der Waals surface area (Å²) in [6.45, 7) is 0.555. The van der Waals surface area contributed by atoms with Crippen LogP contribution >= 0.6 is 0 Å². The zero-order valence-corrected chi connectivity index (χ0v) is 14.4. The second-order valence-corrected chi connectivity index (χ2v) is 7.49. The fraction of sp³-hybridized carbons (Fsp3) is 0.588. The number of carbonyl (C=O) groups is 1. The number of nitrogens with one attached hydrogen (secondary N) is 2. The Morgan fingerprint density at radius 1 is 1.22 bits per heavy atom. The third-order valence-corrected chi connectivity index (χ3v) is 5.35. The van der Waals surface area contributed by atoms with Gasteiger partial charge >= 0.3 is 6.03 Å². The van der Waals surface area contributed by atoms with Gasteiger partial charge in [0, 0.05) is 47.1 Å². The van der Waals surface area contributed by atoms with E-state index in [-0.39, 0.29) is 24.6 Å². The molecule has 0 aliphatic heterocycles. The molecule has 128 valence electrons. The van der Waals surface area contributed by atoms with Gasteiger partial charge in [-0.1, -0.05) is 31.4 Å². The molecule has 1 aromatic carbocycles. The van der Waals surface area contributed by atoms with Crippen molar-refractivity contribution in [3.05, 3.63) is 29.8 Å². The van der Waals surface area contributed by atoms with E-state index in [1.165, 1.54) is 6.42 Å². The molecule has 0 heterocycles. The first kappa shape index (κ1) is 17.9. The van der Waals surface area contributed by atoms with E-state index in [0.29, 0.717) is 6.54 Å². The Labute approximate surface area is 140 Å². The molecule has 2 rings (SSSR count). The molecule has 3 atom stereocenters. The largest absolute Gasteiger partial charge is 0.396 e. The monoisotopic (exact) mass is 338 g/mol. The van der Waals surface area contributed by atoms with Crippen molar-refractivity contribution in [2.24, 2.45) is 5.92 Å². The van der Waals surface area contributed by atoms with Crippen molar-refractivity contribution in [3.63, 3.8) is 0 Å². The number of amides is 2. The van der Waals surface area contributed by atoms with Gasteiger partial charge in [0.05, 0.1) is 0 Å². The minimum atomic E-state index is -0.985. The second-order valence-electron chi connectivity index (χ2n) is 6.11. The molecule has 2 amide bonds. The number of aliphatic hydroxyl groups excluding tert-OH is 1. The van der Waals surface area contributed by atoms with E-state index in [9.17, 15) is 14.1 Å². The van der Waals surface area contributed by atoms with E-state index < -0.39 is 10.8 Å². The van der Waals surface area contributed by atoms with Crippen LogP contribution in [0.4, 0.5) is 4.79 Å². The highest BCUT2D eigenvalue weighted by Gasteiger charge is 2.24. The maximum Gasteiger partial charge on any atom is 0.315 e. The highest BCUT2D eigenvalue weighted by atomic mass is 32.2. The van der Waals surface area contributed by atoms with Crippen LogP contribution in [0.5, 0.6) is 0 Å². The Morgan fingerprint density at radius 3 is 2.57 bits per heavy atom. The van der Waals surface area contributed by atoms with Crippen LogP contribution in [0.2, 0.25) is 0 Å². The molecule has 3 unspecified atom stereocenters. The average molecular weight is 338 g/mol. The summed E-state index contributed by atoms with van der Waals surface area (Å²) in [5, 5.41) is 15.3. The fourth-order valence-corrected chi connectivity index (χ4v) is 3.51. The predicted molar refractivity (Wildman–Crippen MR) is 91.6 cm³/mol. The van der Waals surface area contributed by atoms with Gasteiger partial charge < -0.3 is 15.7 Å². The number of hydrogen-bond donors (Lipinski definition) is 3.